The molecule has 0 aromatic heterocycles. The average molecular weight is 246 g/mol. The Morgan fingerprint density at radius 1 is 1.17 bits per heavy atom. The minimum Gasteiger partial charge on any atom is -0.366 e. The Morgan fingerprint density at radius 3 is 2.50 bits per heavy atom. The van der Waals surface area contributed by atoms with Gasteiger partial charge in [0, 0.05) is 18.2 Å². The average Bonchev–Trinajstić information content (AvgIpc) is 2.65. The van der Waals surface area contributed by atoms with Gasteiger partial charge in [-0.3, -0.25) is 4.79 Å². The van der Waals surface area contributed by atoms with E-state index in [9.17, 15) is 4.79 Å². The summed E-state index contributed by atoms with van der Waals surface area (Å²) in [6, 6.07) is 8.18. The van der Waals surface area contributed by atoms with Gasteiger partial charge in [0.2, 0.25) is 5.91 Å². The summed E-state index contributed by atoms with van der Waals surface area (Å²) in [7, 11) is 0. The molecule has 0 heterocycles. The molecule has 1 fully saturated rings. The number of rotatable bonds is 4. The van der Waals surface area contributed by atoms with E-state index in [-0.39, 0.29) is 5.91 Å². The highest BCUT2D eigenvalue weighted by Gasteiger charge is 2.13. The van der Waals surface area contributed by atoms with Gasteiger partial charge in [-0.2, -0.15) is 0 Å². The van der Waals surface area contributed by atoms with Gasteiger partial charge in [0.25, 0.3) is 0 Å². The van der Waals surface area contributed by atoms with Crippen molar-refractivity contribution in [3.8, 4) is 0 Å². The summed E-state index contributed by atoms with van der Waals surface area (Å²) in [4.78, 5) is 11.3. The third kappa shape index (κ3) is 3.57. The van der Waals surface area contributed by atoms with Crippen molar-refractivity contribution in [2.75, 3.05) is 0 Å². The molecule has 0 spiro atoms. The van der Waals surface area contributed by atoms with Crippen LogP contribution in [0.4, 0.5) is 0 Å². The zero-order valence-electron chi connectivity index (χ0n) is 10.8. The topological polar surface area (TPSA) is 55.1 Å². The Labute approximate surface area is 109 Å². The standard InChI is InChI=1S/C15H22N2O/c16-15(18)14-10-6-5-7-12(14)11-17-13-8-3-1-2-4-9-13/h5-7,10,13,17H,1-4,8-9,11H2,(H2,16,18). The van der Waals surface area contributed by atoms with Gasteiger partial charge >= 0.3 is 0 Å². The van der Waals surface area contributed by atoms with Crippen molar-refractivity contribution in [1.82, 2.24) is 5.32 Å². The first kappa shape index (κ1) is 13.1. The van der Waals surface area contributed by atoms with Crippen LogP contribution in [-0.4, -0.2) is 11.9 Å². The molecular weight excluding hydrogens is 224 g/mol. The van der Waals surface area contributed by atoms with Crippen LogP contribution in [-0.2, 0) is 6.54 Å². The van der Waals surface area contributed by atoms with Gasteiger partial charge in [-0.25, -0.2) is 0 Å². The van der Waals surface area contributed by atoms with Crippen molar-refractivity contribution in [3.63, 3.8) is 0 Å². The second kappa shape index (κ2) is 6.55. The fourth-order valence-corrected chi connectivity index (χ4v) is 2.65. The predicted molar refractivity (Wildman–Crippen MR) is 73.3 cm³/mol. The van der Waals surface area contributed by atoms with Crippen LogP contribution in [0.1, 0.15) is 54.4 Å². The fraction of sp³-hybridized carbons (Fsp3) is 0.533. The van der Waals surface area contributed by atoms with Crippen LogP contribution >= 0.6 is 0 Å². The minimum atomic E-state index is -0.340. The Morgan fingerprint density at radius 2 is 1.83 bits per heavy atom. The Kier molecular flexibility index (Phi) is 4.76. The zero-order chi connectivity index (χ0) is 12.8. The maximum Gasteiger partial charge on any atom is 0.249 e. The third-order valence-corrected chi connectivity index (χ3v) is 3.72. The molecule has 0 aliphatic heterocycles. The third-order valence-electron chi connectivity index (χ3n) is 3.72. The summed E-state index contributed by atoms with van der Waals surface area (Å²) in [5, 5.41) is 3.57. The lowest BCUT2D eigenvalue weighted by Gasteiger charge is -2.17. The number of amides is 1. The normalized spacial score (nSPS) is 17.3. The van der Waals surface area contributed by atoms with Crippen LogP contribution in [0.3, 0.4) is 0 Å². The smallest absolute Gasteiger partial charge is 0.249 e. The van der Waals surface area contributed by atoms with E-state index in [1.807, 2.05) is 18.2 Å². The molecule has 3 nitrogen and oxygen atoms in total. The number of nitrogens with two attached hydrogens (primary N) is 1. The van der Waals surface area contributed by atoms with Gasteiger partial charge in [0.05, 0.1) is 0 Å². The summed E-state index contributed by atoms with van der Waals surface area (Å²) in [5.74, 6) is -0.340. The van der Waals surface area contributed by atoms with Crippen LogP contribution < -0.4 is 11.1 Å². The molecule has 1 amide bonds. The molecule has 18 heavy (non-hydrogen) atoms. The van der Waals surface area contributed by atoms with Crippen LogP contribution in [0.5, 0.6) is 0 Å². The Hall–Kier alpha value is -1.35. The number of carbonyl (C=O) groups is 1. The molecule has 3 heteroatoms. The zero-order valence-corrected chi connectivity index (χ0v) is 10.8. The molecular formula is C15H22N2O. The molecule has 0 saturated heterocycles. The van der Waals surface area contributed by atoms with E-state index >= 15 is 0 Å². The van der Waals surface area contributed by atoms with Gasteiger partial charge in [0.1, 0.15) is 0 Å². The quantitative estimate of drug-likeness (QED) is 0.802. The number of hydrogen-bond acceptors (Lipinski definition) is 2. The van der Waals surface area contributed by atoms with E-state index in [1.165, 1.54) is 38.5 Å². The molecule has 1 saturated carbocycles. The molecule has 0 atom stereocenters. The second-order valence-corrected chi connectivity index (χ2v) is 5.09. The SMILES string of the molecule is NC(=O)c1ccccc1CNC1CCCCCC1. The summed E-state index contributed by atoms with van der Waals surface area (Å²) in [6.45, 7) is 0.740. The van der Waals surface area contributed by atoms with Crippen LogP contribution in [0.2, 0.25) is 0 Å². The van der Waals surface area contributed by atoms with Crippen LogP contribution in [0, 0.1) is 0 Å². The van der Waals surface area contributed by atoms with Gasteiger partial charge in [-0.1, -0.05) is 43.9 Å². The molecule has 1 aromatic rings. The largest absolute Gasteiger partial charge is 0.366 e. The van der Waals surface area contributed by atoms with E-state index in [0.717, 1.165) is 12.1 Å². The van der Waals surface area contributed by atoms with Gasteiger partial charge in [-0.05, 0) is 24.5 Å². The number of nitrogens with one attached hydrogen (secondary N) is 1. The lowest BCUT2D eigenvalue weighted by molar-refractivity contribution is 0.0999. The second-order valence-electron chi connectivity index (χ2n) is 5.09. The molecule has 0 bridgehead atoms. The lowest BCUT2D eigenvalue weighted by Crippen LogP contribution is -2.29. The van der Waals surface area contributed by atoms with Crippen molar-refractivity contribution in [3.05, 3.63) is 35.4 Å². The van der Waals surface area contributed by atoms with Crippen molar-refractivity contribution in [2.45, 2.75) is 51.1 Å². The molecule has 1 aromatic carbocycles. The number of primary amides is 1. The maximum atomic E-state index is 11.3. The predicted octanol–water partition coefficient (Wildman–Crippen LogP) is 2.60. The van der Waals surface area contributed by atoms with E-state index in [2.05, 4.69) is 5.32 Å². The number of carbonyl (C=O) groups excluding carboxylic acids is 1. The highest BCUT2D eigenvalue weighted by Crippen LogP contribution is 2.18. The van der Waals surface area contributed by atoms with E-state index in [1.54, 1.807) is 6.07 Å². The van der Waals surface area contributed by atoms with Gasteiger partial charge in [-0.15, -0.1) is 0 Å². The highest BCUT2D eigenvalue weighted by atomic mass is 16.1. The van der Waals surface area contributed by atoms with E-state index in [4.69, 9.17) is 5.73 Å². The number of hydrogen-bond donors (Lipinski definition) is 2. The summed E-state index contributed by atoms with van der Waals surface area (Å²) < 4.78 is 0. The van der Waals surface area contributed by atoms with Crippen molar-refractivity contribution in [2.24, 2.45) is 5.73 Å². The highest BCUT2D eigenvalue weighted by molar-refractivity contribution is 5.94. The first-order valence-electron chi connectivity index (χ1n) is 6.88. The van der Waals surface area contributed by atoms with Gasteiger partial charge in [0.15, 0.2) is 0 Å². The van der Waals surface area contributed by atoms with Crippen LogP contribution in [0.15, 0.2) is 24.3 Å². The summed E-state index contributed by atoms with van der Waals surface area (Å²) in [6.07, 6.45) is 7.84. The summed E-state index contributed by atoms with van der Waals surface area (Å²) in [5.41, 5.74) is 7.03. The number of benzene rings is 1. The van der Waals surface area contributed by atoms with Crippen molar-refractivity contribution in [1.29, 1.82) is 0 Å². The molecule has 3 N–H and O–H groups in total. The molecule has 0 radical (unpaired) electrons. The van der Waals surface area contributed by atoms with Crippen LogP contribution in [0.25, 0.3) is 0 Å². The Bertz CT molecular complexity index is 395. The maximum absolute atomic E-state index is 11.3. The first-order valence-corrected chi connectivity index (χ1v) is 6.88. The first-order chi connectivity index (χ1) is 8.77. The molecule has 98 valence electrons. The lowest BCUT2D eigenvalue weighted by atomic mass is 10.1. The summed E-state index contributed by atoms with van der Waals surface area (Å²) >= 11 is 0. The van der Waals surface area contributed by atoms with E-state index in [0.29, 0.717) is 11.6 Å². The fourth-order valence-electron chi connectivity index (χ4n) is 2.65. The molecule has 1 aliphatic carbocycles. The minimum absolute atomic E-state index is 0.340. The monoisotopic (exact) mass is 246 g/mol. The molecule has 2 rings (SSSR count). The van der Waals surface area contributed by atoms with E-state index < -0.39 is 0 Å². The van der Waals surface area contributed by atoms with Gasteiger partial charge < -0.3 is 11.1 Å². The molecule has 1 aliphatic rings. The van der Waals surface area contributed by atoms with Crippen molar-refractivity contribution < 1.29 is 4.79 Å². The van der Waals surface area contributed by atoms with Crippen molar-refractivity contribution >= 4 is 5.91 Å². The molecule has 0 unspecified atom stereocenters. The Balaban J connectivity index is 1.94.